The van der Waals surface area contributed by atoms with E-state index in [1.807, 2.05) is 13.8 Å². The Hall–Kier alpha value is -1.98. The highest BCUT2D eigenvalue weighted by Gasteiger charge is 2.13. The van der Waals surface area contributed by atoms with Crippen LogP contribution in [0.4, 0.5) is 0 Å². The van der Waals surface area contributed by atoms with Gasteiger partial charge in [-0.2, -0.15) is 5.10 Å². The molecule has 0 aliphatic carbocycles. The molecule has 0 saturated carbocycles. The molecule has 2 heterocycles. The number of hydrogen-bond acceptors (Lipinski definition) is 4. The van der Waals surface area contributed by atoms with Crippen LogP contribution in [0.2, 0.25) is 0 Å². The molecule has 0 fully saturated rings. The van der Waals surface area contributed by atoms with Gasteiger partial charge in [-0.05, 0) is 25.8 Å². The first-order chi connectivity index (χ1) is 8.41. The van der Waals surface area contributed by atoms with Crippen LogP contribution < -0.4 is 11.2 Å². The average Bonchev–Trinajstić information content (AvgIpc) is 2.27. The van der Waals surface area contributed by atoms with Crippen LogP contribution in [0.25, 0.3) is 11.0 Å². The van der Waals surface area contributed by atoms with Crippen LogP contribution in [0.1, 0.15) is 45.3 Å². The van der Waals surface area contributed by atoms with Crippen LogP contribution in [0.5, 0.6) is 0 Å². The van der Waals surface area contributed by atoms with E-state index in [9.17, 15) is 9.59 Å². The number of H-pyrrole nitrogens is 1. The third-order valence-electron chi connectivity index (χ3n) is 2.81. The Morgan fingerprint density at radius 2 is 1.83 bits per heavy atom. The fraction of sp³-hybridized carbons (Fsp3) is 0.500. The van der Waals surface area contributed by atoms with E-state index >= 15 is 0 Å². The summed E-state index contributed by atoms with van der Waals surface area (Å²) >= 11 is 0. The summed E-state index contributed by atoms with van der Waals surface area (Å²) in [6, 6.07) is 1.51. The predicted octanol–water partition coefficient (Wildman–Crippen LogP) is 1.18. The maximum Gasteiger partial charge on any atom is 0.330 e. The van der Waals surface area contributed by atoms with E-state index in [-0.39, 0.29) is 23.2 Å². The van der Waals surface area contributed by atoms with Crippen molar-refractivity contribution in [2.24, 2.45) is 0 Å². The molecular formula is C12H16N4O2. The average molecular weight is 248 g/mol. The molecule has 0 atom stereocenters. The maximum absolute atomic E-state index is 12.2. The number of aromatic amines is 1. The van der Waals surface area contributed by atoms with Crippen molar-refractivity contribution in [2.45, 2.75) is 39.7 Å². The van der Waals surface area contributed by atoms with E-state index in [1.54, 1.807) is 19.9 Å². The van der Waals surface area contributed by atoms with Gasteiger partial charge in [0, 0.05) is 6.04 Å². The second kappa shape index (κ2) is 4.36. The normalized spacial score (nSPS) is 11.7. The molecule has 0 aliphatic heterocycles. The maximum atomic E-state index is 12.2. The number of fused-ring (bicyclic) bond motifs is 1. The summed E-state index contributed by atoms with van der Waals surface area (Å²) in [5, 5.41) is 8.31. The quantitative estimate of drug-likeness (QED) is 0.865. The second-order valence-corrected chi connectivity index (χ2v) is 4.89. The van der Waals surface area contributed by atoms with Crippen LogP contribution in [0.15, 0.2) is 15.7 Å². The van der Waals surface area contributed by atoms with Crippen LogP contribution >= 0.6 is 0 Å². The summed E-state index contributed by atoms with van der Waals surface area (Å²) in [5.74, 6) is 0.181. The fourth-order valence-corrected chi connectivity index (χ4v) is 1.80. The van der Waals surface area contributed by atoms with E-state index in [0.717, 1.165) is 5.69 Å². The van der Waals surface area contributed by atoms with Crippen LogP contribution in [0, 0.1) is 0 Å². The molecule has 0 radical (unpaired) electrons. The molecule has 0 saturated heterocycles. The van der Waals surface area contributed by atoms with Gasteiger partial charge in [-0.3, -0.25) is 14.3 Å². The van der Waals surface area contributed by atoms with Crippen LogP contribution in [-0.4, -0.2) is 19.7 Å². The Balaban J connectivity index is 2.86. The molecule has 96 valence electrons. The Kier molecular flexibility index (Phi) is 3.02. The molecule has 0 aliphatic rings. The SMILES string of the molecule is CC(C)c1cc2c(=O)n(C(C)C)c(=O)[nH]c2nn1. The highest BCUT2D eigenvalue weighted by Crippen LogP contribution is 2.12. The van der Waals surface area contributed by atoms with Crippen LogP contribution in [-0.2, 0) is 0 Å². The monoisotopic (exact) mass is 248 g/mol. The van der Waals surface area contributed by atoms with Gasteiger partial charge < -0.3 is 0 Å². The van der Waals surface area contributed by atoms with Crippen molar-refractivity contribution >= 4 is 11.0 Å². The topological polar surface area (TPSA) is 80.6 Å². The lowest BCUT2D eigenvalue weighted by Crippen LogP contribution is -2.36. The van der Waals surface area contributed by atoms with Gasteiger partial charge in [0.15, 0.2) is 5.65 Å². The summed E-state index contributed by atoms with van der Waals surface area (Å²) < 4.78 is 1.19. The van der Waals surface area contributed by atoms with Gasteiger partial charge in [0.2, 0.25) is 0 Å². The van der Waals surface area contributed by atoms with Gasteiger partial charge in [-0.1, -0.05) is 13.8 Å². The zero-order valence-corrected chi connectivity index (χ0v) is 10.9. The van der Waals surface area contributed by atoms with E-state index in [2.05, 4.69) is 15.2 Å². The molecule has 2 rings (SSSR count). The van der Waals surface area contributed by atoms with Gasteiger partial charge in [0.05, 0.1) is 11.1 Å². The molecule has 0 unspecified atom stereocenters. The third kappa shape index (κ3) is 1.94. The van der Waals surface area contributed by atoms with E-state index in [0.29, 0.717) is 5.39 Å². The second-order valence-electron chi connectivity index (χ2n) is 4.89. The number of aromatic nitrogens is 4. The molecule has 18 heavy (non-hydrogen) atoms. The number of rotatable bonds is 2. The smallest absolute Gasteiger partial charge is 0.290 e. The van der Waals surface area contributed by atoms with Crippen molar-refractivity contribution in [2.75, 3.05) is 0 Å². The summed E-state index contributed by atoms with van der Waals surface area (Å²) in [6.07, 6.45) is 0. The summed E-state index contributed by atoms with van der Waals surface area (Å²) in [6.45, 7) is 7.53. The number of nitrogens with zero attached hydrogens (tertiary/aromatic N) is 3. The molecule has 0 spiro atoms. The molecule has 2 aromatic rings. The van der Waals surface area contributed by atoms with Crippen LogP contribution in [0.3, 0.4) is 0 Å². The first-order valence-corrected chi connectivity index (χ1v) is 5.94. The van der Waals surface area contributed by atoms with Gasteiger partial charge >= 0.3 is 5.69 Å². The minimum absolute atomic E-state index is 0.181. The Bertz CT molecular complexity index is 697. The van der Waals surface area contributed by atoms with E-state index in [1.165, 1.54) is 4.57 Å². The standard InChI is InChI=1S/C12H16N4O2/c1-6(2)9-5-8-10(15-14-9)13-12(18)16(7(3)4)11(8)17/h5-7H,1-4H3,(H,13,15,18). The molecule has 6 heteroatoms. The Labute approximate surface area is 104 Å². The zero-order valence-electron chi connectivity index (χ0n) is 10.9. The van der Waals surface area contributed by atoms with Crippen molar-refractivity contribution in [3.8, 4) is 0 Å². The third-order valence-corrected chi connectivity index (χ3v) is 2.81. The molecule has 2 aromatic heterocycles. The van der Waals surface area contributed by atoms with Crippen molar-refractivity contribution in [1.29, 1.82) is 0 Å². The Morgan fingerprint density at radius 1 is 1.17 bits per heavy atom. The zero-order chi connectivity index (χ0) is 13.4. The lowest BCUT2D eigenvalue weighted by molar-refractivity contribution is 0.551. The van der Waals surface area contributed by atoms with E-state index in [4.69, 9.17) is 0 Å². The van der Waals surface area contributed by atoms with Crippen molar-refractivity contribution in [3.63, 3.8) is 0 Å². The number of nitrogens with one attached hydrogen (secondary N) is 1. The predicted molar refractivity (Wildman–Crippen MR) is 68.9 cm³/mol. The first kappa shape index (κ1) is 12.5. The molecule has 6 nitrogen and oxygen atoms in total. The van der Waals surface area contributed by atoms with Gasteiger partial charge in [-0.15, -0.1) is 5.10 Å². The molecule has 0 aromatic carbocycles. The van der Waals surface area contributed by atoms with E-state index < -0.39 is 5.69 Å². The lowest BCUT2D eigenvalue weighted by atomic mass is 10.1. The molecule has 0 amide bonds. The minimum atomic E-state index is -0.450. The van der Waals surface area contributed by atoms with Crippen molar-refractivity contribution in [3.05, 3.63) is 32.6 Å². The summed E-state index contributed by atoms with van der Waals surface area (Å²) in [7, 11) is 0. The number of hydrogen-bond donors (Lipinski definition) is 1. The van der Waals surface area contributed by atoms with Gasteiger partial charge in [0.1, 0.15) is 0 Å². The highest BCUT2D eigenvalue weighted by molar-refractivity contribution is 5.72. The molecule has 1 N–H and O–H groups in total. The van der Waals surface area contributed by atoms with Crippen molar-refractivity contribution < 1.29 is 0 Å². The lowest BCUT2D eigenvalue weighted by Gasteiger charge is -2.09. The Morgan fingerprint density at radius 3 is 2.39 bits per heavy atom. The largest absolute Gasteiger partial charge is 0.330 e. The van der Waals surface area contributed by atoms with Gasteiger partial charge in [-0.25, -0.2) is 4.79 Å². The van der Waals surface area contributed by atoms with Crippen molar-refractivity contribution in [1.82, 2.24) is 19.7 Å². The molecular weight excluding hydrogens is 232 g/mol. The fourth-order valence-electron chi connectivity index (χ4n) is 1.80. The van der Waals surface area contributed by atoms with Gasteiger partial charge in [0.25, 0.3) is 5.56 Å². The summed E-state index contributed by atoms with van der Waals surface area (Å²) in [5.41, 5.74) is 0.211. The molecule has 0 bridgehead atoms. The minimum Gasteiger partial charge on any atom is -0.290 e. The highest BCUT2D eigenvalue weighted by atomic mass is 16.2. The first-order valence-electron chi connectivity index (χ1n) is 5.94. The summed E-state index contributed by atoms with van der Waals surface area (Å²) in [4.78, 5) is 26.6.